The molecule has 0 bridgehead atoms. The van der Waals surface area contributed by atoms with Crippen molar-refractivity contribution in [2.45, 2.75) is 19.3 Å². The van der Waals surface area contributed by atoms with Crippen LogP contribution in [0.15, 0.2) is 45.3 Å². The predicted molar refractivity (Wildman–Crippen MR) is 83.7 cm³/mol. The Balaban J connectivity index is 2.02. The molecule has 3 heteroatoms. The summed E-state index contributed by atoms with van der Waals surface area (Å²) in [7, 11) is 0. The molecule has 1 aliphatic carbocycles. The van der Waals surface area contributed by atoms with E-state index in [0.29, 0.717) is 5.56 Å². The molecule has 0 aromatic heterocycles. The summed E-state index contributed by atoms with van der Waals surface area (Å²) in [6.45, 7) is 0. The van der Waals surface area contributed by atoms with Gasteiger partial charge in [0.05, 0.1) is 0 Å². The van der Waals surface area contributed by atoms with Gasteiger partial charge in [-0.2, -0.15) is 0 Å². The summed E-state index contributed by atoms with van der Waals surface area (Å²) in [5.74, 6) is 0.0721. The average Bonchev–Trinajstić information content (AvgIpc) is 2.88. The SMILES string of the molecule is O=C(c1ccc2c(c1)CCC2)c1cc(Br)ccc1Br. The smallest absolute Gasteiger partial charge is 0.194 e. The van der Waals surface area contributed by atoms with Crippen LogP contribution in [0.4, 0.5) is 0 Å². The Morgan fingerprint density at radius 3 is 2.58 bits per heavy atom. The van der Waals surface area contributed by atoms with Crippen molar-refractivity contribution >= 4 is 37.6 Å². The Kier molecular flexibility index (Phi) is 3.59. The molecule has 0 atom stereocenters. The first kappa shape index (κ1) is 13.1. The van der Waals surface area contributed by atoms with E-state index in [2.05, 4.69) is 44.0 Å². The number of fused-ring (bicyclic) bond motifs is 1. The minimum absolute atomic E-state index is 0.0721. The molecule has 96 valence electrons. The van der Waals surface area contributed by atoms with Crippen LogP contribution < -0.4 is 0 Å². The maximum absolute atomic E-state index is 12.6. The van der Waals surface area contributed by atoms with Crippen molar-refractivity contribution in [1.29, 1.82) is 0 Å². The molecule has 1 nitrogen and oxygen atoms in total. The van der Waals surface area contributed by atoms with Gasteiger partial charge in [-0.15, -0.1) is 0 Å². The number of benzene rings is 2. The van der Waals surface area contributed by atoms with Crippen LogP contribution in [0.5, 0.6) is 0 Å². The van der Waals surface area contributed by atoms with E-state index in [-0.39, 0.29) is 5.78 Å². The molecular weight excluding hydrogens is 368 g/mol. The van der Waals surface area contributed by atoms with Gasteiger partial charge in [0.25, 0.3) is 0 Å². The van der Waals surface area contributed by atoms with Crippen molar-refractivity contribution < 1.29 is 4.79 Å². The zero-order chi connectivity index (χ0) is 13.4. The van der Waals surface area contributed by atoms with E-state index in [0.717, 1.165) is 27.4 Å². The highest BCUT2D eigenvalue weighted by Crippen LogP contribution is 2.27. The highest BCUT2D eigenvalue weighted by Gasteiger charge is 2.17. The molecule has 0 N–H and O–H groups in total. The van der Waals surface area contributed by atoms with Crippen LogP contribution in [0.2, 0.25) is 0 Å². The lowest BCUT2D eigenvalue weighted by atomic mass is 9.99. The van der Waals surface area contributed by atoms with E-state index in [1.807, 2.05) is 24.3 Å². The van der Waals surface area contributed by atoms with Gasteiger partial charge in [-0.05, 0) is 54.7 Å². The number of aryl methyl sites for hydroxylation is 2. The van der Waals surface area contributed by atoms with Crippen LogP contribution in [0.3, 0.4) is 0 Å². The van der Waals surface area contributed by atoms with Gasteiger partial charge in [0.1, 0.15) is 0 Å². The molecule has 3 rings (SSSR count). The molecule has 1 aliphatic rings. The minimum atomic E-state index is 0.0721. The van der Waals surface area contributed by atoms with Crippen LogP contribution in [-0.4, -0.2) is 5.78 Å². The molecule has 0 aliphatic heterocycles. The van der Waals surface area contributed by atoms with Crippen LogP contribution in [0.25, 0.3) is 0 Å². The van der Waals surface area contributed by atoms with E-state index >= 15 is 0 Å². The number of halogens is 2. The molecule has 0 spiro atoms. The van der Waals surface area contributed by atoms with Gasteiger partial charge in [-0.1, -0.05) is 44.0 Å². The molecule has 19 heavy (non-hydrogen) atoms. The molecule has 2 aromatic carbocycles. The largest absolute Gasteiger partial charge is 0.289 e. The molecule has 0 fully saturated rings. The van der Waals surface area contributed by atoms with E-state index in [9.17, 15) is 4.79 Å². The van der Waals surface area contributed by atoms with Gasteiger partial charge in [0.2, 0.25) is 0 Å². The van der Waals surface area contributed by atoms with Crippen molar-refractivity contribution in [3.05, 3.63) is 67.6 Å². The van der Waals surface area contributed by atoms with E-state index in [1.54, 1.807) is 0 Å². The average molecular weight is 380 g/mol. The first-order valence-electron chi connectivity index (χ1n) is 6.27. The lowest BCUT2D eigenvalue weighted by molar-refractivity contribution is 0.103. The Morgan fingerprint density at radius 1 is 0.947 bits per heavy atom. The fourth-order valence-electron chi connectivity index (χ4n) is 2.54. The van der Waals surface area contributed by atoms with Gasteiger partial charge in [0, 0.05) is 20.1 Å². The predicted octanol–water partition coefficient (Wildman–Crippen LogP) is 4.93. The second kappa shape index (κ2) is 5.22. The molecule has 0 radical (unpaired) electrons. The van der Waals surface area contributed by atoms with Gasteiger partial charge in [-0.25, -0.2) is 0 Å². The summed E-state index contributed by atoms with van der Waals surface area (Å²) in [5, 5.41) is 0. The third-order valence-corrected chi connectivity index (χ3v) is 4.72. The number of hydrogen-bond donors (Lipinski definition) is 0. The van der Waals surface area contributed by atoms with Gasteiger partial charge in [0.15, 0.2) is 5.78 Å². The fourth-order valence-corrected chi connectivity index (χ4v) is 3.33. The molecule has 0 amide bonds. The summed E-state index contributed by atoms with van der Waals surface area (Å²) < 4.78 is 1.75. The van der Waals surface area contributed by atoms with Crippen LogP contribution in [-0.2, 0) is 12.8 Å². The zero-order valence-corrected chi connectivity index (χ0v) is 13.4. The lowest BCUT2D eigenvalue weighted by Crippen LogP contribution is -2.03. The number of ketones is 1. The Labute approximate surface area is 129 Å². The number of carbonyl (C=O) groups is 1. The maximum Gasteiger partial charge on any atom is 0.194 e. The van der Waals surface area contributed by atoms with Crippen molar-refractivity contribution in [3.63, 3.8) is 0 Å². The summed E-state index contributed by atoms with van der Waals surface area (Å²) in [4.78, 5) is 12.6. The molecule has 0 saturated carbocycles. The quantitative estimate of drug-likeness (QED) is 0.676. The van der Waals surface area contributed by atoms with Gasteiger partial charge >= 0.3 is 0 Å². The molecule has 0 heterocycles. The fraction of sp³-hybridized carbons (Fsp3) is 0.188. The van der Waals surface area contributed by atoms with Crippen molar-refractivity contribution in [1.82, 2.24) is 0 Å². The Hall–Kier alpha value is -0.930. The monoisotopic (exact) mass is 378 g/mol. The number of hydrogen-bond acceptors (Lipinski definition) is 1. The highest BCUT2D eigenvalue weighted by molar-refractivity contribution is 9.11. The Bertz CT molecular complexity index is 662. The van der Waals surface area contributed by atoms with Crippen molar-refractivity contribution in [2.24, 2.45) is 0 Å². The van der Waals surface area contributed by atoms with E-state index < -0.39 is 0 Å². The number of rotatable bonds is 2. The minimum Gasteiger partial charge on any atom is -0.289 e. The van der Waals surface area contributed by atoms with E-state index in [4.69, 9.17) is 0 Å². The topological polar surface area (TPSA) is 17.1 Å². The summed E-state index contributed by atoms with van der Waals surface area (Å²) >= 11 is 6.86. The van der Waals surface area contributed by atoms with Crippen molar-refractivity contribution in [3.8, 4) is 0 Å². The summed E-state index contributed by atoms with van der Waals surface area (Å²) in [6.07, 6.45) is 3.44. The number of carbonyl (C=O) groups excluding carboxylic acids is 1. The summed E-state index contributed by atoms with van der Waals surface area (Å²) in [6, 6.07) is 11.8. The maximum atomic E-state index is 12.6. The zero-order valence-electron chi connectivity index (χ0n) is 10.2. The molecule has 2 aromatic rings. The third-order valence-electron chi connectivity index (χ3n) is 3.53. The molecule has 0 saturated heterocycles. The third kappa shape index (κ3) is 2.54. The second-order valence-electron chi connectivity index (χ2n) is 4.79. The molecular formula is C16H12Br2O. The van der Waals surface area contributed by atoms with Crippen LogP contribution in [0.1, 0.15) is 33.5 Å². The van der Waals surface area contributed by atoms with E-state index in [1.165, 1.54) is 17.5 Å². The normalized spacial score (nSPS) is 13.4. The standard InChI is InChI=1S/C16H12Br2O/c17-13-6-7-15(18)14(9-13)16(19)12-5-4-10-2-1-3-11(10)8-12/h4-9H,1-3H2. The van der Waals surface area contributed by atoms with Crippen LogP contribution in [0, 0.1) is 0 Å². The lowest BCUT2D eigenvalue weighted by Gasteiger charge is -2.07. The molecule has 0 unspecified atom stereocenters. The van der Waals surface area contributed by atoms with Crippen molar-refractivity contribution in [2.75, 3.05) is 0 Å². The summed E-state index contributed by atoms with van der Waals surface area (Å²) in [5.41, 5.74) is 4.20. The highest BCUT2D eigenvalue weighted by atomic mass is 79.9. The van der Waals surface area contributed by atoms with Crippen LogP contribution >= 0.6 is 31.9 Å². The second-order valence-corrected chi connectivity index (χ2v) is 6.56. The van der Waals surface area contributed by atoms with Gasteiger partial charge in [-0.3, -0.25) is 4.79 Å². The first-order chi connectivity index (χ1) is 9.15. The first-order valence-corrected chi connectivity index (χ1v) is 7.85. The Morgan fingerprint density at radius 2 is 1.74 bits per heavy atom. The van der Waals surface area contributed by atoms with Gasteiger partial charge < -0.3 is 0 Å².